The molecule has 0 aliphatic carbocycles. The number of aromatic nitrogens is 6. The zero-order chi connectivity index (χ0) is 26.6. The molecule has 4 heterocycles. The third-order valence-corrected chi connectivity index (χ3v) is 6.54. The molecule has 36 heavy (non-hydrogen) atoms. The van der Waals surface area contributed by atoms with Crippen molar-refractivity contribution in [2.24, 2.45) is 0 Å². The van der Waals surface area contributed by atoms with E-state index in [-0.39, 0.29) is 33.2 Å². The van der Waals surface area contributed by atoms with Gasteiger partial charge in [-0.3, -0.25) is 19.5 Å². The van der Waals surface area contributed by atoms with E-state index >= 15 is 0 Å². The van der Waals surface area contributed by atoms with E-state index in [4.69, 9.17) is 79.8 Å². The van der Waals surface area contributed by atoms with Crippen LogP contribution in [0.25, 0.3) is 11.0 Å². The summed E-state index contributed by atoms with van der Waals surface area (Å²) in [5.41, 5.74) is -0.309. The van der Waals surface area contributed by atoms with Gasteiger partial charge in [0.15, 0.2) is 10.8 Å². The number of rotatable bonds is 7. The Morgan fingerprint density at radius 1 is 1.17 bits per heavy atom. The van der Waals surface area contributed by atoms with Crippen LogP contribution in [0.4, 0.5) is 5.69 Å². The molecular formula is C17H13B6Cl2N7O4. The van der Waals surface area contributed by atoms with Crippen LogP contribution >= 0.6 is 23.2 Å². The summed E-state index contributed by atoms with van der Waals surface area (Å²) in [6.07, 6.45) is 2.45. The molecule has 1 aliphatic heterocycles. The Hall–Kier alpha value is -2.11. The fourth-order valence-electron chi connectivity index (χ4n) is 3.89. The Labute approximate surface area is 223 Å². The van der Waals surface area contributed by atoms with Gasteiger partial charge < -0.3 is 9.47 Å². The Bertz CT molecular complexity index is 1330. The van der Waals surface area contributed by atoms with Crippen LogP contribution in [0, 0.1) is 17.0 Å². The van der Waals surface area contributed by atoms with Gasteiger partial charge in [0.25, 0.3) is 0 Å². The number of ether oxygens (including phenoxy) is 2. The molecule has 0 saturated carbocycles. The zero-order valence-electron chi connectivity index (χ0n) is 19.0. The molecule has 0 atom stereocenters. The average Bonchev–Trinajstić information content (AvgIpc) is 3.30. The van der Waals surface area contributed by atoms with E-state index in [1.54, 1.807) is 0 Å². The predicted octanol–water partition coefficient (Wildman–Crippen LogP) is 0.368. The summed E-state index contributed by atoms with van der Waals surface area (Å²) in [4.78, 5) is 19.0. The van der Waals surface area contributed by atoms with Crippen LogP contribution in [0.15, 0.2) is 6.20 Å². The first-order valence-electron chi connectivity index (χ1n) is 10.5. The molecule has 1 fully saturated rings. The number of hydrogen-bond donors (Lipinski definition) is 0. The van der Waals surface area contributed by atoms with Crippen LogP contribution in [0.1, 0.15) is 24.6 Å². The topological polar surface area (TPSA) is 123 Å². The minimum Gasteiger partial charge on any atom is -0.487 e. The van der Waals surface area contributed by atoms with E-state index in [2.05, 4.69) is 20.2 Å². The van der Waals surface area contributed by atoms with Crippen molar-refractivity contribution in [3.8, 4) is 5.88 Å². The molecule has 0 N–H and O–H groups in total. The second-order valence-electron chi connectivity index (χ2n) is 8.45. The van der Waals surface area contributed by atoms with Gasteiger partial charge in [-0.1, -0.05) is 16.8 Å². The van der Waals surface area contributed by atoms with E-state index in [0.717, 1.165) is 4.68 Å². The Balaban J connectivity index is 1.75. The van der Waals surface area contributed by atoms with Crippen molar-refractivity contribution < 1.29 is 14.4 Å². The molecule has 0 aromatic carbocycles. The summed E-state index contributed by atoms with van der Waals surface area (Å²) in [6.45, 7) is 2.45. The number of halogens is 2. The summed E-state index contributed by atoms with van der Waals surface area (Å²) in [7, 11) is 37.4. The zero-order valence-corrected chi connectivity index (χ0v) is 20.5. The monoisotopic (exact) mass is 515 g/mol. The van der Waals surface area contributed by atoms with Crippen LogP contribution in [0.5, 0.6) is 5.88 Å². The molecule has 3 aromatic heterocycles. The van der Waals surface area contributed by atoms with Gasteiger partial charge in [-0.05, 0) is 36.7 Å². The molecule has 1 aliphatic rings. The molecule has 1 saturated heterocycles. The lowest BCUT2D eigenvalue weighted by molar-refractivity contribution is -0.386. The Kier molecular flexibility index (Phi) is 6.98. The Morgan fingerprint density at radius 2 is 1.81 bits per heavy atom. The highest BCUT2D eigenvalue weighted by molar-refractivity contribution is 6.60. The molecule has 19 heteroatoms. The number of fused-ring (bicyclic) bond motifs is 1. The van der Waals surface area contributed by atoms with E-state index < -0.39 is 32.4 Å². The first kappa shape index (κ1) is 26.9. The van der Waals surface area contributed by atoms with Crippen LogP contribution in [0.3, 0.4) is 0 Å². The lowest BCUT2D eigenvalue weighted by Gasteiger charge is -2.54. The molecule has 11 nitrogen and oxygen atoms in total. The molecule has 4 rings (SSSR count). The van der Waals surface area contributed by atoms with E-state index in [9.17, 15) is 10.1 Å². The van der Waals surface area contributed by atoms with Crippen molar-refractivity contribution in [2.75, 3.05) is 13.2 Å². The van der Waals surface area contributed by atoms with Gasteiger partial charge in [0.1, 0.15) is 21.4 Å². The van der Waals surface area contributed by atoms with Crippen molar-refractivity contribution >= 4 is 87.0 Å². The van der Waals surface area contributed by atoms with Crippen molar-refractivity contribution in [3.63, 3.8) is 0 Å². The standard InChI is InChI=1S/C17H13B6Cl2N7O4/c1-7-10(32(33)34)13(29-30(7)8-2-4-35-5-3-8)36-17(22,23)15(18,19)16(20,21)31-12-9(11(24)28-31)6-26-14(25)27-12/h6,8H,2-5H2,1H3. The van der Waals surface area contributed by atoms with Gasteiger partial charge in [0.2, 0.25) is 5.28 Å². The minimum atomic E-state index is -2.65. The van der Waals surface area contributed by atoms with Gasteiger partial charge in [0.05, 0.1) is 47.7 Å². The highest BCUT2D eigenvalue weighted by Crippen LogP contribution is 2.46. The van der Waals surface area contributed by atoms with Gasteiger partial charge >= 0.3 is 11.6 Å². The van der Waals surface area contributed by atoms with Gasteiger partial charge in [-0.2, -0.15) is 10.1 Å². The fourth-order valence-corrected chi connectivity index (χ4v) is 4.22. The van der Waals surface area contributed by atoms with E-state index in [0.29, 0.717) is 26.1 Å². The minimum absolute atomic E-state index is 0.0355. The number of hydrogen-bond acceptors (Lipinski definition) is 8. The molecular weight excluding hydrogens is 502 g/mol. The third-order valence-electron chi connectivity index (χ3n) is 6.08. The first-order valence-corrected chi connectivity index (χ1v) is 11.3. The maximum atomic E-state index is 11.9. The lowest BCUT2D eigenvalue weighted by atomic mass is 9.23. The molecule has 172 valence electrons. The van der Waals surface area contributed by atoms with Crippen molar-refractivity contribution in [3.05, 3.63) is 32.4 Å². The molecule has 12 radical (unpaired) electrons. The molecule has 3 aromatic rings. The normalized spacial score (nSPS) is 15.9. The second-order valence-corrected chi connectivity index (χ2v) is 9.15. The van der Waals surface area contributed by atoms with Crippen LogP contribution in [-0.2, 0) is 10.1 Å². The summed E-state index contributed by atoms with van der Waals surface area (Å²) in [5, 5.41) is 12.4. The smallest absolute Gasteiger partial charge is 0.352 e. The Morgan fingerprint density at radius 3 is 2.42 bits per heavy atom. The van der Waals surface area contributed by atoms with Crippen molar-refractivity contribution in [2.45, 2.75) is 41.8 Å². The largest absolute Gasteiger partial charge is 0.487 e. The maximum Gasteiger partial charge on any atom is 0.352 e. The van der Waals surface area contributed by atoms with Crippen LogP contribution in [-0.4, -0.2) is 100 Å². The predicted molar refractivity (Wildman–Crippen MR) is 137 cm³/mol. The highest BCUT2D eigenvalue weighted by Gasteiger charge is 2.50. The quantitative estimate of drug-likeness (QED) is 0.192. The van der Waals surface area contributed by atoms with Gasteiger partial charge in [-0.25, -0.2) is 4.98 Å². The van der Waals surface area contributed by atoms with Crippen molar-refractivity contribution in [1.82, 2.24) is 29.5 Å². The van der Waals surface area contributed by atoms with Crippen LogP contribution in [0.2, 0.25) is 15.7 Å². The lowest BCUT2D eigenvalue weighted by Crippen LogP contribution is -2.63. The third kappa shape index (κ3) is 4.32. The number of nitro groups is 1. The maximum absolute atomic E-state index is 11.9. The van der Waals surface area contributed by atoms with E-state index in [1.165, 1.54) is 17.8 Å². The van der Waals surface area contributed by atoms with E-state index in [1.807, 2.05) is 0 Å². The van der Waals surface area contributed by atoms with Crippen molar-refractivity contribution in [1.29, 1.82) is 0 Å². The SMILES string of the molecule is [B]C([B])(Oc1nn(C2CCOCC2)c(C)c1[N+](=O)[O-])C([B])([B])C([B])([B])n1nc(Cl)c2cnc(Cl)nc21. The van der Waals surface area contributed by atoms with Gasteiger partial charge in [-0.15, -0.1) is 5.10 Å². The summed E-state index contributed by atoms with van der Waals surface area (Å²) in [6, 6.07) is -0.176. The fraction of sp³-hybridized carbons (Fsp3) is 0.529. The summed E-state index contributed by atoms with van der Waals surface area (Å²) in [5.74, 6) is -0.529. The molecule has 0 spiro atoms. The first-order chi connectivity index (χ1) is 16.7. The number of nitrogens with zero attached hydrogens (tertiary/aromatic N) is 7. The highest BCUT2D eigenvalue weighted by atomic mass is 35.5. The second kappa shape index (κ2) is 9.33. The average molecular weight is 515 g/mol. The molecule has 0 unspecified atom stereocenters. The van der Waals surface area contributed by atoms with Crippen LogP contribution < -0.4 is 4.74 Å². The summed E-state index contributed by atoms with van der Waals surface area (Å²) < 4.78 is 13.2. The van der Waals surface area contributed by atoms with Gasteiger partial charge in [0, 0.05) is 24.8 Å². The molecule has 0 amide bonds. The molecule has 0 bridgehead atoms. The summed E-state index contributed by atoms with van der Waals surface area (Å²) >= 11 is 12.0.